The van der Waals surface area contributed by atoms with Gasteiger partial charge in [0, 0.05) is 11.3 Å². The van der Waals surface area contributed by atoms with Crippen molar-refractivity contribution in [2.24, 2.45) is 0 Å². The third kappa shape index (κ3) is 5.02. The van der Waals surface area contributed by atoms with E-state index in [0.717, 1.165) is 22.7 Å². The zero-order valence-electron chi connectivity index (χ0n) is 17.0. The summed E-state index contributed by atoms with van der Waals surface area (Å²) < 4.78 is 11.5. The third-order valence-electron chi connectivity index (χ3n) is 4.90. The quantitative estimate of drug-likeness (QED) is 0.508. The number of thioether (sulfide) groups is 2. The minimum absolute atomic E-state index is 0.154. The second kappa shape index (κ2) is 9.62. The molecule has 30 heavy (non-hydrogen) atoms. The van der Waals surface area contributed by atoms with E-state index in [1.165, 1.54) is 23.5 Å². The lowest BCUT2D eigenvalue weighted by Crippen LogP contribution is -2.12. The maximum Gasteiger partial charge on any atom is 0.255 e. The first-order chi connectivity index (χ1) is 14.6. The van der Waals surface area contributed by atoms with Gasteiger partial charge in [-0.25, -0.2) is 0 Å². The molecule has 0 bridgehead atoms. The number of hydrogen-bond donors (Lipinski definition) is 1. The first-order valence-corrected chi connectivity index (χ1v) is 12.0. The van der Waals surface area contributed by atoms with Crippen LogP contribution in [0.15, 0.2) is 53.1 Å². The van der Waals surface area contributed by atoms with Crippen molar-refractivity contribution >= 4 is 35.1 Å². The van der Waals surface area contributed by atoms with Gasteiger partial charge in [-0.05, 0) is 67.7 Å². The normalized spacial score (nSPS) is 14.5. The molecule has 4 rings (SSSR count). The Kier molecular flexibility index (Phi) is 6.69. The molecule has 0 unspecified atom stereocenters. The number of carbonyl (C=O) groups is 1. The highest BCUT2D eigenvalue weighted by Gasteiger charge is 2.17. The van der Waals surface area contributed by atoms with Crippen LogP contribution in [-0.2, 0) is 6.61 Å². The highest BCUT2D eigenvalue weighted by atomic mass is 32.2. The zero-order valence-corrected chi connectivity index (χ0v) is 18.6. The number of benzene rings is 2. The largest absolute Gasteiger partial charge is 0.489 e. The maximum absolute atomic E-state index is 12.8. The molecule has 0 atom stereocenters. The van der Waals surface area contributed by atoms with Crippen molar-refractivity contribution < 1.29 is 14.1 Å². The fourth-order valence-corrected chi connectivity index (χ4v) is 6.11. The predicted octanol–water partition coefficient (Wildman–Crippen LogP) is 5.99. The molecule has 2 heterocycles. The van der Waals surface area contributed by atoms with Crippen LogP contribution in [-0.4, -0.2) is 22.6 Å². The Morgan fingerprint density at radius 2 is 1.97 bits per heavy atom. The Labute approximate surface area is 184 Å². The summed E-state index contributed by atoms with van der Waals surface area (Å²) >= 11 is 3.94. The molecule has 156 valence electrons. The van der Waals surface area contributed by atoms with Crippen molar-refractivity contribution in [1.29, 1.82) is 0 Å². The minimum atomic E-state index is -0.154. The Morgan fingerprint density at radius 1 is 1.17 bits per heavy atom. The Morgan fingerprint density at radius 3 is 2.73 bits per heavy atom. The molecular weight excluding hydrogens is 416 g/mol. The van der Waals surface area contributed by atoms with Gasteiger partial charge in [-0.2, -0.15) is 0 Å². The molecular formula is C23H24N2O3S2. The first-order valence-electron chi connectivity index (χ1n) is 9.89. The summed E-state index contributed by atoms with van der Waals surface area (Å²) in [5, 5.41) is 6.95. The highest BCUT2D eigenvalue weighted by Crippen LogP contribution is 2.44. The molecule has 1 fully saturated rings. The first kappa shape index (κ1) is 20.9. The molecule has 0 radical (unpaired) electrons. The lowest BCUT2D eigenvalue weighted by molar-refractivity contribution is 0.102. The summed E-state index contributed by atoms with van der Waals surface area (Å²) in [6.07, 6.45) is 1.26. The average Bonchev–Trinajstić information content (AvgIpc) is 3.10. The van der Waals surface area contributed by atoms with E-state index in [9.17, 15) is 4.79 Å². The topological polar surface area (TPSA) is 64.4 Å². The third-order valence-corrected chi connectivity index (χ3v) is 7.92. The monoisotopic (exact) mass is 440 g/mol. The van der Waals surface area contributed by atoms with Crippen LogP contribution in [0.5, 0.6) is 5.75 Å². The molecule has 3 aromatic rings. The lowest BCUT2D eigenvalue weighted by Gasteiger charge is -2.21. The van der Waals surface area contributed by atoms with Gasteiger partial charge in [0.1, 0.15) is 18.1 Å². The van der Waals surface area contributed by atoms with Gasteiger partial charge in [0.2, 0.25) is 0 Å². The van der Waals surface area contributed by atoms with Gasteiger partial charge in [0.15, 0.2) is 0 Å². The van der Waals surface area contributed by atoms with E-state index in [-0.39, 0.29) is 5.91 Å². The molecule has 1 aliphatic rings. The molecule has 0 saturated carbocycles. The van der Waals surface area contributed by atoms with Gasteiger partial charge in [0.05, 0.1) is 15.8 Å². The Bertz CT molecular complexity index is 1010. The van der Waals surface area contributed by atoms with Crippen molar-refractivity contribution in [3.05, 3.63) is 76.7 Å². The molecule has 1 saturated heterocycles. The van der Waals surface area contributed by atoms with Crippen LogP contribution in [0.2, 0.25) is 0 Å². The maximum atomic E-state index is 12.8. The number of nitrogens with zero attached hydrogens (tertiary/aromatic N) is 1. The van der Waals surface area contributed by atoms with E-state index in [1.54, 1.807) is 12.1 Å². The number of aryl methyl sites for hydroxylation is 2. The van der Waals surface area contributed by atoms with Gasteiger partial charge in [-0.15, -0.1) is 23.5 Å². The summed E-state index contributed by atoms with van der Waals surface area (Å²) in [5.41, 5.74) is 4.36. The van der Waals surface area contributed by atoms with Crippen LogP contribution in [0, 0.1) is 13.8 Å². The summed E-state index contributed by atoms with van der Waals surface area (Å²) in [7, 11) is 0. The van der Waals surface area contributed by atoms with Gasteiger partial charge in [0.25, 0.3) is 5.91 Å². The number of rotatable bonds is 6. The number of anilines is 1. The van der Waals surface area contributed by atoms with Crippen LogP contribution in [0.3, 0.4) is 0 Å². The van der Waals surface area contributed by atoms with Crippen molar-refractivity contribution in [3.63, 3.8) is 0 Å². The van der Waals surface area contributed by atoms with Crippen LogP contribution in [0.25, 0.3) is 0 Å². The molecule has 0 spiro atoms. The molecule has 1 aliphatic heterocycles. The van der Waals surface area contributed by atoms with Crippen molar-refractivity contribution in [2.75, 3.05) is 16.8 Å². The van der Waals surface area contributed by atoms with E-state index in [4.69, 9.17) is 9.26 Å². The van der Waals surface area contributed by atoms with Crippen molar-refractivity contribution in [1.82, 2.24) is 5.16 Å². The fraction of sp³-hybridized carbons (Fsp3) is 0.304. The van der Waals surface area contributed by atoms with Gasteiger partial charge < -0.3 is 14.6 Å². The van der Waals surface area contributed by atoms with E-state index < -0.39 is 0 Å². The minimum Gasteiger partial charge on any atom is -0.489 e. The van der Waals surface area contributed by atoms with E-state index in [0.29, 0.717) is 22.5 Å². The number of carbonyl (C=O) groups excluding carboxylic acids is 1. The summed E-state index contributed by atoms with van der Waals surface area (Å²) in [4.78, 5) is 12.8. The molecule has 1 aromatic heterocycles. The smallest absolute Gasteiger partial charge is 0.255 e. The molecule has 0 aliphatic carbocycles. The second-order valence-corrected chi connectivity index (χ2v) is 9.85. The number of nitrogens with one attached hydrogen (secondary N) is 1. The molecule has 5 nitrogen and oxygen atoms in total. The SMILES string of the molecule is Cc1noc(C)c1COc1cccc(C(=O)Nc2cccc(C3SCCCS3)c2)c1. The summed E-state index contributed by atoms with van der Waals surface area (Å²) in [5.74, 6) is 3.60. The molecule has 1 N–H and O–H groups in total. The van der Waals surface area contributed by atoms with E-state index in [2.05, 4.69) is 22.6 Å². The second-order valence-electron chi connectivity index (χ2n) is 7.13. The number of hydrogen-bond acceptors (Lipinski definition) is 6. The van der Waals surface area contributed by atoms with E-state index in [1.807, 2.05) is 61.6 Å². The van der Waals surface area contributed by atoms with Crippen LogP contribution >= 0.6 is 23.5 Å². The van der Waals surface area contributed by atoms with Gasteiger partial charge >= 0.3 is 0 Å². The Balaban J connectivity index is 1.42. The summed E-state index contributed by atoms with van der Waals surface area (Å²) in [6, 6.07) is 15.3. The summed E-state index contributed by atoms with van der Waals surface area (Å²) in [6.45, 7) is 4.10. The highest BCUT2D eigenvalue weighted by molar-refractivity contribution is 8.16. The fourth-order valence-electron chi connectivity index (χ4n) is 3.24. The van der Waals surface area contributed by atoms with Gasteiger partial charge in [-0.1, -0.05) is 23.4 Å². The van der Waals surface area contributed by atoms with Crippen LogP contribution < -0.4 is 10.1 Å². The standard InChI is InChI=1S/C23H24N2O3S2/c1-15-21(16(2)28-25-15)14-27-20-9-4-6-17(13-20)22(26)24-19-8-3-7-18(12-19)23-29-10-5-11-30-23/h3-4,6-9,12-13,23H,5,10-11,14H2,1-2H3,(H,24,26). The average molecular weight is 441 g/mol. The molecule has 1 amide bonds. The number of amides is 1. The van der Waals surface area contributed by atoms with E-state index >= 15 is 0 Å². The number of aromatic nitrogens is 1. The van der Waals surface area contributed by atoms with Crippen LogP contribution in [0.1, 0.15) is 43.9 Å². The Hall–Kier alpha value is -2.38. The zero-order chi connectivity index (χ0) is 20.9. The van der Waals surface area contributed by atoms with Crippen molar-refractivity contribution in [3.8, 4) is 5.75 Å². The van der Waals surface area contributed by atoms with Crippen molar-refractivity contribution in [2.45, 2.75) is 31.5 Å². The van der Waals surface area contributed by atoms with Crippen LogP contribution in [0.4, 0.5) is 5.69 Å². The van der Waals surface area contributed by atoms with Gasteiger partial charge in [-0.3, -0.25) is 4.79 Å². The predicted molar refractivity (Wildman–Crippen MR) is 123 cm³/mol. The molecule has 2 aromatic carbocycles. The number of ether oxygens (including phenoxy) is 1. The molecule has 7 heteroatoms. The lowest BCUT2D eigenvalue weighted by atomic mass is 10.1.